The number of nitrogens with one attached hydrogen (secondary N) is 1. The summed E-state index contributed by atoms with van der Waals surface area (Å²) in [7, 11) is 0. The Labute approximate surface area is 92.8 Å². The maximum Gasteiger partial charge on any atom is 0.0784 e. The van der Waals surface area contributed by atoms with Crippen molar-refractivity contribution in [3.8, 4) is 0 Å². The first-order valence-corrected chi connectivity index (χ1v) is 6.44. The van der Waals surface area contributed by atoms with Gasteiger partial charge < -0.3 is 15.3 Å². The van der Waals surface area contributed by atoms with E-state index in [0.29, 0.717) is 0 Å². The Morgan fingerprint density at radius 3 is 2.60 bits per heavy atom. The number of piperidine rings is 2. The molecule has 0 bridgehead atoms. The van der Waals surface area contributed by atoms with Crippen LogP contribution >= 0.6 is 0 Å². The zero-order chi connectivity index (χ0) is 10.6. The molecule has 0 spiro atoms. The highest BCUT2D eigenvalue weighted by atomic mass is 16.3. The Hall–Kier alpha value is -0.120. The van der Waals surface area contributed by atoms with E-state index >= 15 is 0 Å². The minimum Gasteiger partial charge on any atom is -0.389 e. The van der Waals surface area contributed by atoms with E-state index in [1.54, 1.807) is 0 Å². The van der Waals surface area contributed by atoms with E-state index in [0.717, 1.165) is 38.9 Å². The van der Waals surface area contributed by atoms with Crippen molar-refractivity contribution in [2.45, 2.75) is 44.1 Å². The van der Waals surface area contributed by atoms with Gasteiger partial charge in [-0.3, -0.25) is 0 Å². The van der Waals surface area contributed by atoms with Gasteiger partial charge in [0.2, 0.25) is 0 Å². The van der Waals surface area contributed by atoms with E-state index in [9.17, 15) is 5.11 Å². The van der Waals surface area contributed by atoms with Crippen molar-refractivity contribution in [2.24, 2.45) is 0 Å². The number of rotatable bonds is 3. The lowest BCUT2D eigenvalue weighted by atomic mass is 9.90. The van der Waals surface area contributed by atoms with Crippen molar-refractivity contribution in [1.29, 1.82) is 0 Å². The summed E-state index contributed by atoms with van der Waals surface area (Å²) in [6.45, 7) is 5.43. The normalized spacial score (nSPS) is 34.2. The summed E-state index contributed by atoms with van der Waals surface area (Å²) in [6, 6.07) is 0. The van der Waals surface area contributed by atoms with E-state index in [4.69, 9.17) is 0 Å². The molecule has 2 heterocycles. The molecule has 88 valence electrons. The third kappa shape index (κ3) is 3.44. The van der Waals surface area contributed by atoms with Crippen LogP contribution in [0.5, 0.6) is 0 Å². The lowest BCUT2D eigenvalue weighted by Crippen LogP contribution is -2.47. The van der Waals surface area contributed by atoms with Crippen molar-refractivity contribution in [1.82, 2.24) is 10.2 Å². The van der Waals surface area contributed by atoms with Crippen LogP contribution < -0.4 is 5.32 Å². The number of hydrogen-bond acceptors (Lipinski definition) is 3. The fourth-order valence-electron chi connectivity index (χ4n) is 2.71. The van der Waals surface area contributed by atoms with Gasteiger partial charge in [0.15, 0.2) is 0 Å². The van der Waals surface area contributed by atoms with Crippen LogP contribution in [0.25, 0.3) is 0 Å². The Kier molecular flexibility index (Phi) is 4.00. The zero-order valence-electron chi connectivity index (χ0n) is 9.67. The average Bonchev–Trinajstić information content (AvgIpc) is 2.29. The fourth-order valence-corrected chi connectivity index (χ4v) is 2.71. The van der Waals surface area contributed by atoms with Crippen LogP contribution in [-0.4, -0.2) is 48.3 Å². The topological polar surface area (TPSA) is 35.5 Å². The van der Waals surface area contributed by atoms with Gasteiger partial charge in [-0.05, 0) is 51.7 Å². The largest absolute Gasteiger partial charge is 0.389 e. The Morgan fingerprint density at radius 2 is 1.93 bits per heavy atom. The van der Waals surface area contributed by atoms with E-state index in [-0.39, 0.29) is 0 Å². The van der Waals surface area contributed by atoms with Crippen LogP contribution in [0.1, 0.15) is 38.5 Å². The summed E-state index contributed by atoms with van der Waals surface area (Å²) in [5.74, 6) is 0. The molecule has 0 aromatic rings. The highest BCUT2D eigenvalue weighted by molar-refractivity contribution is 4.86. The van der Waals surface area contributed by atoms with Crippen molar-refractivity contribution >= 4 is 0 Å². The second-order valence-corrected chi connectivity index (χ2v) is 5.16. The van der Waals surface area contributed by atoms with Crippen LogP contribution in [-0.2, 0) is 0 Å². The van der Waals surface area contributed by atoms with Crippen molar-refractivity contribution in [2.75, 3.05) is 32.7 Å². The summed E-state index contributed by atoms with van der Waals surface area (Å²) < 4.78 is 0. The number of hydrogen-bond donors (Lipinski definition) is 2. The van der Waals surface area contributed by atoms with Gasteiger partial charge in [0.05, 0.1) is 5.60 Å². The minimum absolute atomic E-state index is 0.421. The molecule has 0 radical (unpaired) electrons. The number of likely N-dealkylation sites (tertiary alicyclic amines) is 1. The first-order valence-electron chi connectivity index (χ1n) is 6.44. The molecular formula is C12H24N2O. The summed E-state index contributed by atoms with van der Waals surface area (Å²) in [5, 5.41) is 13.6. The lowest BCUT2D eigenvalue weighted by Gasteiger charge is -2.35. The van der Waals surface area contributed by atoms with Crippen molar-refractivity contribution in [3.05, 3.63) is 0 Å². The first kappa shape index (κ1) is 11.4. The van der Waals surface area contributed by atoms with Gasteiger partial charge in [0.25, 0.3) is 0 Å². The fraction of sp³-hybridized carbons (Fsp3) is 1.00. The summed E-state index contributed by atoms with van der Waals surface area (Å²) >= 11 is 0. The van der Waals surface area contributed by atoms with E-state index in [2.05, 4.69) is 10.2 Å². The number of aliphatic hydroxyl groups is 1. The van der Waals surface area contributed by atoms with Crippen LogP contribution in [0.15, 0.2) is 0 Å². The van der Waals surface area contributed by atoms with Gasteiger partial charge in [-0.1, -0.05) is 6.42 Å². The molecule has 15 heavy (non-hydrogen) atoms. The maximum atomic E-state index is 10.3. The standard InChI is InChI=1S/C12H24N2O/c15-12(5-4-7-13-11-12)6-10-14-8-2-1-3-9-14/h13,15H,1-11H2. The van der Waals surface area contributed by atoms with Crippen LogP contribution in [0.4, 0.5) is 0 Å². The molecular weight excluding hydrogens is 188 g/mol. The molecule has 3 nitrogen and oxygen atoms in total. The van der Waals surface area contributed by atoms with Crippen LogP contribution in [0.3, 0.4) is 0 Å². The molecule has 2 saturated heterocycles. The monoisotopic (exact) mass is 212 g/mol. The quantitative estimate of drug-likeness (QED) is 0.732. The van der Waals surface area contributed by atoms with Crippen molar-refractivity contribution < 1.29 is 5.11 Å². The van der Waals surface area contributed by atoms with Crippen LogP contribution in [0, 0.1) is 0 Å². The SMILES string of the molecule is OC1(CCN2CCCCC2)CCCNC1. The smallest absolute Gasteiger partial charge is 0.0784 e. The van der Waals surface area contributed by atoms with E-state index in [1.807, 2.05) is 0 Å². The third-order valence-corrected chi connectivity index (χ3v) is 3.79. The number of nitrogens with zero attached hydrogens (tertiary/aromatic N) is 1. The molecule has 2 N–H and O–H groups in total. The van der Waals surface area contributed by atoms with E-state index in [1.165, 1.54) is 32.4 Å². The molecule has 0 aromatic carbocycles. The van der Waals surface area contributed by atoms with Gasteiger partial charge in [0.1, 0.15) is 0 Å². The molecule has 0 saturated carbocycles. The molecule has 2 rings (SSSR count). The van der Waals surface area contributed by atoms with Gasteiger partial charge in [-0.2, -0.15) is 0 Å². The summed E-state index contributed by atoms with van der Waals surface area (Å²) in [5.41, 5.74) is -0.421. The Morgan fingerprint density at radius 1 is 1.13 bits per heavy atom. The first-order chi connectivity index (χ1) is 7.29. The predicted octanol–water partition coefficient (Wildman–Crippen LogP) is 0.977. The molecule has 0 aliphatic carbocycles. The molecule has 1 atom stereocenters. The molecule has 3 heteroatoms. The summed E-state index contributed by atoms with van der Waals surface area (Å²) in [4.78, 5) is 2.51. The second kappa shape index (κ2) is 5.28. The average molecular weight is 212 g/mol. The maximum absolute atomic E-state index is 10.3. The van der Waals surface area contributed by atoms with Crippen LogP contribution in [0.2, 0.25) is 0 Å². The Bertz CT molecular complexity index is 184. The second-order valence-electron chi connectivity index (χ2n) is 5.16. The molecule has 0 aromatic heterocycles. The van der Waals surface area contributed by atoms with Crippen molar-refractivity contribution in [3.63, 3.8) is 0 Å². The molecule has 2 fully saturated rings. The van der Waals surface area contributed by atoms with Gasteiger partial charge in [-0.15, -0.1) is 0 Å². The zero-order valence-corrected chi connectivity index (χ0v) is 9.67. The predicted molar refractivity (Wildman–Crippen MR) is 62.0 cm³/mol. The van der Waals surface area contributed by atoms with Gasteiger partial charge in [0, 0.05) is 13.1 Å². The van der Waals surface area contributed by atoms with E-state index < -0.39 is 5.60 Å². The molecule has 1 unspecified atom stereocenters. The highest BCUT2D eigenvalue weighted by Gasteiger charge is 2.29. The highest BCUT2D eigenvalue weighted by Crippen LogP contribution is 2.21. The Balaban J connectivity index is 1.70. The number of β-amino-alcohol motifs (C(OH)–C–C–N with tert-alkyl or cyclic N) is 1. The lowest BCUT2D eigenvalue weighted by molar-refractivity contribution is -0.00110. The minimum atomic E-state index is -0.421. The molecule has 2 aliphatic heterocycles. The molecule has 2 aliphatic rings. The van der Waals surface area contributed by atoms with Gasteiger partial charge in [-0.25, -0.2) is 0 Å². The molecule has 0 amide bonds. The third-order valence-electron chi connectivity index (χ3n) is 3.79. The van der Waals surface area contributed by atoms with Gasteiger partial charge >= 0.3 is 0 Å². The summed E-state index contributed by atoms with van der Waals surface area (Å²) in [6.07, 6.45) is 7.13.